The molecule has 1 aliphatic rings. The van der Waals surface area contributed by atoms with Gasteiger partial charge in [0.15, 0.2) is 0 Å². The molecule has 2 aromatic carbocycles. The molecule has 5 nitrogen and oxygen atoms in total. The lowest BCUT2D eigenvalue weighted by Gasteiger charge is -2.20. The van der Waals surface area contributed by atoms with Gasteiger partial charge in [0, 0.05) is 42.3 Å². The Bertz CT molecular complexity index is 917. The third-order valence-electron chi connectivity index (χ3n) is 4.36. The van der Waals surface area contributed by atoms with Crippen LogP contribution in [0.4, 0.5) is 10.1 Å². The van der Waals surface area contributed by atoms with Crippen molar-refractivity contribution >= 4 is 33.4 Å². The molecule has 27 heavy (non-hydrogen) atoms. The summed E-state index contributed by atoms with van der Waals surface area (Å²) in [6.45, 7) is 2.11. The number of nitrogens with one attached hydrogen (secondary N) is 1. The van der Waals surface area contributed by atoms with Crippen molar-refractivity contribution in [3.63, 3.8) is 0 Å². The molecule has 144 valence electrons. The molecule has 0 aromatic heterocycles. The summed E-state index contributed by atoms with van der Waals surface area (Å²) in [7, 11) is -3.63. The second-order valence-electron chi connectivity index (χ2n) is 6.28. The highest BCUT2D eigenvalue weighted by Gasteiger charge is 2.29. The van der Waals surface area contributed by atoms with Gasteiger partial charge in [-0.3, -0.25) is 4.79 Å². The lowest BCUT2D eigenvalue weighted by molar-refractivity contribution is -0.114. The Labute approximate surface area is 163 Å². The van der Waals surface area contributed by atoms with Gasteiger partial charge in [-0.2, -0.15) is 16.1 Å². The Morgan fingerprint density at radius 3 is 2.52 bits per heavy atom. The Kier molecular flexibility index (Phi) is 6.18. The third-order valence-corrected chi connectivity index (χ3v) is 7.59. The smallest absolute Gasteiger partial charge is 0.243 e. The highest BCUT2D eigenvalue weighted by molar-refractivity contribution is 7.99. The monoisotopic (exact) mass is 408 g/mol. The number of amides is 1. The Morgan fingerprint density at radius 2 is 1.85 bits per heavy atom. The topological polar surface area (TPSA) is 66.5 Å². The first-order valence-corrected chi connectivity index (χ1v) is 11.1. The SMILES string of the molecule is CC(=O)Nc1ccc(S(=O)(=O)N2CCSC(c3ccccc3F)CC2)cc1. The summed E-state index contributed by atoms with van der Waals surface area (Å²) in [5.41, 5.74) is 1.17. The number of halogens is 1. The van der Waals surface area contributed by atoms with Gasteiger partial charge in [-0.15, -0.1) is 0 Å². The summed E-state index contributed by atoms with van der Waals surface area (Å²) >= 11 is 1.58. The van der Waals surface area contributed by atoms with E-state index >= 15 is 0 Å². The predicted molar refractivity (Wildman–Crippen MR) is 106 cm³/mol. The van der Waals surface area contributed by atoms with E-state index in [1.807, 2.05) is 0 Å². The number of hydrogen-bond acceptors (Lipinski definition) is 4. The van der Waals surface area contributed by atoms with Crippen molar-refractivity contribution in [2.45, 2.75) is 23.5 Å². The van der Waals surface area contributed by atoms with Crippen molar-refractivity contribution in [3.8, 4) is 0 Å². The number of carbonyl (C=O) groups is 1. The molecule has 1 fully saturated rings. The molecule has 1 atom stereocenters. The maximum atomic E-state index is 14.1. The second kappa shape index (κ2) is 8.41. The molecule has 0 bridgehead atoms. The fourth-order valence-electron chi connectivity index (χ4n) is 3.04. The quantitative estimate of drug-likeness (QED) is 0.839. The van der Waals surface area contributed by atoms with Gasteiger partial charge < -0.3 is 5.32 Å². The number of rotatable bonds is 4. The first-order chi connectivity index (χ1) is 12.9. The zero-order chi connectivity index (χ0) is 19.4. The summed E-state index contributed by atoms with van der Waals surface area (Å²) in [5, 5.41) is 2.55. The number of carbonyl (C=O) groups excluding carboxylic acids is 1. The molecule has 1 unspecified atom stereocenters. The molecule has 1 saturated heterocycles. The van der Waals surface area contributed by atoms with Gasteiger partial charge in [-0.05, 0) is 36.8 Å². The van der Waals surface area contributed by atoms with Crippen molar-refractivity contribution < 1.29 is 17.6 Å². The van der Waals surface area contributed by atoms with Crippen LogP contribution in [0.2, 0.25) is 0 Å². The van der Waals surface area contributed by atoms with E-state index in [0.717, 1.165) is 0 Å². The van der Waals surface area contributed by atoms with Gasteiger partial charge in [0.05, 0.1) is 4.90 Å². The highest BCUT2D eigenvalue weighted by Crippen LogP contribution is 2.36. The summed E-state index contributed by atoms with van der Waals surface area (Å²) in [6.07, 6.45) is 0.550. The van der Waals surface area contributed by atoms with Gasteiger partial charge in [-0.1, -0.05) is 18.2 Å². The Balaban J connectivity index is 1.74. The van der Waals surface area contributed by atoms with Crippen LogP contribution in [0.25, 0.3) is 0 Å². The largest absolute Gasteiger partial charge is 0.326 e. The van der Waals surface area contributed by atoms with E-state index in [2.05, 4.69) is 5.32 Å². The van der Waals surface area contributed by atoms with E-state index in [1.54, 1.807) is 42.1 Å². The van der Waals surface area contributed by atoms with E-state index in [-0.39, 0.29) is 21.9 Å². The lowest BCUT2D eigenvalue weighted by atomic mass is 10.1. The van der Waals surface area contributed by atoms with Crippen molar-refractivity contribution in [1.29, 1.82) is 0 Å². The van der Waals surface area contributed by atoms with E-state index in [9.17, 15) is 17.6 Å². The molecule has 3 rings (SSSR count). The molecule has 2 aromatic rings. The van der Waals surface area contributed by atoms with Gasteiger partial charge in [-0.25, -0.2) is 12.8 Å². The minimum Gasteiger partial charge on any atom is -0.326 e. The zero-order valence-corrected chi connectivity index (χ0v) is 16.5. The normalized spacial score (nSPS) is 18.7. The highest BCUT2D eigenvalue weighted by atomic mass is 32.2. The minimum absolute atomic E-state index is 0.0615. The average Bonchev–Trinajstić information content (AvgIpc) is 2.89. The van der Waals surface area contributed by atoms with Crippen LogP contribution in [0.3, 0.4) is 0 Å². The maximum Gasteiger partial charge on any atom is 0.243 e. The van der Waals surface area contributed by atoms with Crippen LogP contribution < -0.4 is 5.32 Å². The van der Waals surface area contributed by atoms with Crippen LogP contribution >= 0.6 is 11.8 Å². The Hall–Kier alpha value is -1.90. The van der Waals surface area contributed by atoms with Crippen LogP contribution in [0.1, 0.15) is 24.2 Å². The molecule has 0 spiro atoms. The van der Waals surface area contributed by atoms with E-state index in [1.165, 1.54) is 29.4 Å². The van der Waals surface area contributed by atoms with E-state index in [4.69, 9.17) is 0 Å². The molecular weight excluding hydrogens is 387 g/mol. The molecule has 0 radical (unpaired) electrons. The summed E-state index contributed by atoms with van der Waals surface area (Å²) < 4.78 is 41.4. The number of sulfonamides is 1. The predicted octanol–water partition coefficient (Wildman–Crippen LogP) is 3.65. The third kappa shape index (κ3) is 4.69. The van der Waals surface area contributed by atoms with Crippen LogP contribution in [0.5, 0.6) is 0 Å². The van der Waals surface area contributed by atoms with Crippen LogP contribution in [0, 0.1) is 5.82 Å². The number of thioether (sulfide) groups is 1. The number of nitrogens with zero attached hydrogens (tertiary/aromatic N) is 1. The summed E-state index contributed by atoms with van der Waals surface area (Å²) in [4.78, 5) is 11.3. The molecular formula is C19H21FN2O3S2. The average molecular weight is 409 g/mol. The molecule has 0 saturated carbocycles. The first-order valence-electron chi connectivity index (χ1n) is 8.62. The number of anilines is 1. The molecule has 1 amide bonds. The van der Waals surface area contributed by atoms with Crippen LogP contribution in [0.15, 0.2) is 53.4 Å². The standard InChI is InChI=1S/C19H21FN2O3S2/c1-14(23)21-15-6-8-16(9-7-15)27(24,25)22-11-10-19(26-13-12-22)17-4-2-3-5-18(17)20/h2-9,19H,10-13H2,1H3,(H,21,23). The lowest BCUT2D eigenvalue weighted by Crippen LogP contribution is -2.33. The second-order valence-corrected chi connectivity index (χ2v) is 9.53. The fraction of sp³-hybridized carbons (Fsp3) is 0.316. The molecule has 8 heteroatoms. The molecule has 1 aliphatic heterocycles. The fourth-order valence-corrected chi connectivity index (χ4v) is 5.86. The van der Waals surface area contributed by atoms with Crippen molar-refractivity contribution in [1.82, 2.24) is 4.31 Å². The van der Waals surface area contributed by atoms with Crippen molar-refractivity contribution in [2.75, 3.05) is 24.2 Å². The molecule has 0 aliphatic carbocycles. The van der Waals surface area contributed by atoms with Gasteiger partial charge >= 0.3 is 0 Å². The Morgan fingerprint density at radius 1 is 1.15 bits per heavy atom. The summed E-state index contributed by atoms with van der Waals surface area (Å²) in [5.74, 6) is 0.136. The van der Waals surface area contributed by atoms with E-state index < -0.39 is 10.0 Å². The minimum atomic E-state index is -3.63. The maximum absolute atomic E-state index is 14.1. The number of benzene rings is 2. The first kappa shape index (κ1) is 19.9. The van der Waals surface area contributed by atoms with Crippen molar-refractivity contribution in [2.24, 2.45) is 0 Å². The molecule has 1 N–H and O–H groups in total. The summed E-state index contributed by atoms with van der Waals surface area (Å²) in [6, 6.07) is 12.8. The zero-order valence-electron chi connectivity index (χ0n) is 14.9. The molecule has 1 heterocycles. The number of hydrogen-bond donors (Lipinski definition) is 1. The van der Waals surface area contributed by atoms with Crippen molar-refractivity contribution in [3.05, 3.63) is 59.9 Å². The van der Waals surface area contributed by atoms with Gasteiger partial charge in [0.25, 0.3) is 0 Å². The van der Waals surface area contributed by atoms with E-state index in [0.29, 0.717) is 36.5 Å². The van der Waals surface area contributed by atoms with Crippen LogP contribution in [-0.2, 0) is 14.8 Å². The van der Waals surface area contributed by atoms with Gasteiger partial charge in [0.1, 0.15) is 5.82 Å². The van der Waals surface area contributed by atoms with Crippen LogP contribution in [-0.4, -0.2) is 37.5 Å². The van der Waals surface area contributed by atoms with Gasteiger partial charge in [0.2, 0.25) is 15.9 Å².